The second-order valence-electron chi connectivity index (χ2n) is 7.80. The Morgan fingerprint density at radius 1 is 1.31 bits per heavy atom. The quantitative estimate of drug-likeness (QED) is 0.256. The van der Waals surface area contributed by atoms with E-state index in [1.165, 1.54) is 24.5 Å². The van der Waals surface area contributed by atoms with E-state index in [0.29, 0.717) is 25.9 Å². The van der Waals surface area contributed by atoms with E-state index in [0.717, 1.165) is 24.7 Å². The highest BCUT2D eigenvalue weighted by Crippen LogP contribution is 2.26. The SMILES string of the molecule is NCC1(N=CC(C(N)=O)C(N)=Nc2ccnc(F)c2)CCN(Cc2ccc(=O)[nH]c2)CC1. The van der Waals surface area contributed by atoms with Crippen molar-refractivity contribution in [3.63, 3.8) is 0 Å². The molecule has 0 aromatic carbocycles. The van der Waals surface area contributed by atoms with Gasteiger partial charge in [0, 0.05) is 56.9 Å². The predicted molar refractivity (Wildman–Crippen MR) is 120 cm³/mol. The number of rotatable bonds is 8. The van der Waals surface area contributed by atoms with Crippen LogP contribution < -0.4 is 22.8 Å². The van der Waals surface area contributed by atoms with Gasteiger partial charge in [0.05, 0.1) is 11.2 Å². The lowest BCUT2D eigenvalue weighted by atomic mass is 9.88. The number of amides is 1. The Morgan fingerprint density at radius 2 is 2.06 bits per heavy atom. The first-order chi connectivity index (χ1) is 15.3. The van der Waals surface area contributed by atoms with E-state index in [4.69, 9.17) is 17.2 Å². The maximum absolute atomic E-state index is 13.3. The number of likely N-dealkylation sites (tertiary alicyclic amines) is 1. The third-order valence-corrected chi connectivity index (χ3v) is 5.51. The minimum Gasteiger partial charge on any atom is -0.386 e. The molecule has 0 saturated carbocycles. The molecule has 1 fully saturated rings. The lowest BCUT2D eigenvalue weighted by Crippen LogP contribution is -2.48. The van der Waals surface area contributed by atoms with Crippen LogP contribution in [0.2, 0.25) is 0 Å². The monoisotopic (exact) mass is 442 g/mol. The van der Waals surface area contributed by atoms with Crippen LogP contribution in [0.3, 0.4) is 0 Å². The number of hydrogen-bond acceptors (Lipinski definition) is 7. The molecule has 7 N–H and O–H groups in total. The number of aliphatic imine (C=N–C) groups is 2. The zero-order valence-electron chi connectivity index (χ0n) is 17.6. The van der Waals surface area contributed by atoms with Crippen LogP contribution in [-0.4, -0.2) is 58.0 Å². The number of H-pyrrole nitrogens is 1. The Bertz CT molecular complexity index is 1040. The number of halogens is 1. The van der Waals surface area contributed by atoms with Gasteiger partial charge in [-0.15, -0.1) is 0 Å². The summed E-state index contributed by atoms with van der Waals surface area (Å²) in [7, 11) is 0. The topological polar surface area (TPSA) is 169 Å². The molecule has 0 bridgehead atoms. The lowest BCUT2D eigenvalue weighted by molar-refractivity contribution is -0.118. The van der Waals surface area contributed by atoms with Gasteiger partial charge >= 0.3 is 0 Å². The number of nitrogens with one attached hydrogen (secondary N) is 1. The van der Waals surface area contributed by atoms with Crippen molar-refractivity contribution < 1.29 is 9.18 Å². The molecule has 1 aliphatic heterocycles. The molecule has 11 heteroatoms. The van der Waals surface area contributed by atoms with Crippen LogP contribution in [-0.2, 0) is 11.3 Å². The maximum Gasteiger partial charge on any atom is 0.247 e. The van der Waals surface area contributed by atoms with Crippen LogP contribution in [0.4, 0.5) is 10.1 Å². The number of nitrogens with two attached hydrogens (primary N) is 3. The molecule has 2 aromatic rings. The van der Waals surface area contributed by atoms with Gasteiger partial charge < -0.3 is 22.2 Å². The summed E-state index contributed by atoms with van der Waals surface area (Å²) in [4.78, 5) is 40.2. The van der Waals surface area contributed by atoms with E-state index in [2.05, 4.69) is 24.9 Å². The molecular weight excluding hydrogens is 415 g/mol. The highest BCUT2D eigenvalue weighted by Gasteiger charge is 2.33. The van der Waals surface area contributed by atoms with Gasteiger partial charge in [-0.2, -0.15) is 4.39 Å². The lowest BCUT2D eigenvalue weighted by Gasteiger charge is -2.38. The summed E-state index contributed by atoms with van der Waals surface area (Å²) in [5.41, 5.74) is 18.1. The van der Waals surface area contributed by atoms with E-state index in [-0.39, 0.29) is 17.1 Å². The summed E-state index contributed by atoms with van der Waals surface area (Å²) in [5.74, 6) is -2.56. The Kier molecular flexibility index (Phi) is 7.44. The van der Waals surface area contributed by atoms with Crippen LogP contribution in [0.15, 0.2) is 51.4 Å². The van der Waals surface area contributed by atoms with Crippen molar-refractivity contribution >= 4 is 23.6 Å². The number of aromatic nitrogens is 2. The van der Waals surface area contributed by atoms with Crippen molar-refractivity contribution in [1.29, 1.82) is 0 Å². The van der Waals surface area contributed by atoms with E-state index in [9.17, 15) is 14.0 Å². The minimum absolute atomic E-state index is 0.0884. The van der Waals surface area contributed by atoms with Crippen molar-refractivity contribution in [3.05, 3.63) is 58.5 Å². The fraction of sp³-hybridized carbons (Fsp3) is 0.381. The number of pyridine rings is 2. The van der Waals surface area contributed by atoms with Gasteiger partial charge in [0.2, 0.25) is 17.4 Å². The minimum atomic E-state index is -1.05. The van der Waals surface area contributed by atoms with Crippen LogP contribution >= 0.6 is 0 Å². The normalized spacial score (nSPS) is 18.0. The zero-order chi connectivity index (χ0) is 23.1. The summed E-state index contributed by atoms with van der Waals surface area (Å²) in [6, 6.07) is 5.87. The van der Waals surface area contributed by atoms with Gasteiger partial charge in [0.1, 0.15) is 11.8 Å². The highest BCUT2D eigenvalue weighted by molar-refractivity contribution is 6.14. The van der Waals surface area contributed by atoms with Gasteiger partial charge in [0.15, 0.2) is 0 Å². The smallest absolute Gasteiger partial charge is 0.247 e. The molecule has 10 nitrogen and oxygen atoms in total. The van der Waals surface area contributed by atoms with Crippen LogP contribution in [0.1, 0.15) is 18.4 Å². The number of amidine groups is 1. The average molecular weight is 442 g/mol. The Hall–Kier alpha value is -3.44. The average Bonchev–Trinajstić information content (AvgIpc) is 2.76. The van der Waals surface area contributed by atoms with E-state index in [1.807, 2.05) is 0 Å². The van der Waals surface area contributed by atoms with Gasteiger partial charge in [0.25, 0.3) is 0 Å². The maximum atomic E-state index is 13.3. The second-order valence-corrected chi connectivity index (χ2v) is 7.80. The Morgan fingerprint density at radius 3 is 2.66 bits per heavy atom. The first-order valence-corrected chi connectivity index (χ1v) is 10.2. The molecule has 0 spiro atoms. The molecule has 3 rings (SSSR count). The second kappa shape index (κ2) is 10.2. The summed E-state index contributed by atoms with van der Waals surface area (Å²) in [6.07, 6.45) is 5.71. The number of hydrogen-bond donors (Lipinski definition) is 4. The van der Waals surface area contributed by atoms with Crippen molar-refractivity contribution in [2.24, 2.45) is 33.1 Å². The molecule has 1 unspecified atom stereocenters. The molecule has 1 saturated heterocycles. The van der Waals surface area contributed by atoms with Crippen molar-refractivity contribution in [3.8, 4) is 0 Å². The number of aromatic amines is 1. The van der Waals surface area contributed by atoms with E-state index >= 15 is 0 Å². The first kappa shape index (κ1) is 23.2. The number of primary amides is 1. The van der Waals surface area contributed by atoms with E-state index < -0.39 is 23.3 Å². The molecular formula is C21H27FN8O2. The van der Waals surface area contributed by atoms with E-state index in [1.54, 1.807) is 12.3 Å². The van der Waals surface area contributed by atoms with Crippen molar-refractivity contribution in [2.45, 2.75) is 24.9 Å². The highest BCUT2D eigenvalue weighted by atomic mass is 19.1. The molecule has 0 aliphatic carbocycles. The summed E-state index contributed by atoms with van der Waals surface area (Å²) >= 11 is 0. The number of piperidine rings is 1. The van der Waals surface area contributed by atoms with Crippen molar-refractivity contribution in [1.82, 2.24) is 14.9 Å². The molecule has 1 aliphatic rings. The van der Waals surface area contributed by atoms with Crippen LogP contribution in [0.5, 0.6) is 0 Å². The first-order valence-electron chi connectivity index (χ1n) is 10.2. The van der Waals surface area contributed by atoms with Gasteiger partial charge in [-0.05, 0) is 24.5 Å². The molecule has 170 valence electrons. The van der Waals surface area contributed by atoms with Crippen LogP contribution in [0.25, 0.3) is 0 Å². The summed E-state index contributed by atoms with van der Waals surface area (Å²) in [5, 5.41) is 0. The molecule has 1 amide bonds. The Labute approximate surface area is 184 Å². The third kappa shape index (κ3) is 6.05. The van der Waals surface area contributed by atoms with Gasteiger partial charge in [-0.1, -0.05) is 6.07 Å². The fourth-order valence-electron chi connectivity index (χ4n) is 3.52. The zero-order valence-corrected chi connectivity index (χ0v) is 17.6. The summed E-state index contributed by atoms with van der Waals surface area (Å²) in [6.45, 7) is 2.49. The number of carbonyl (C=O) groups excluding carboxylic acids is 1. The largest absolute Gasteiger partial charge is 0.386 e. The molecule has 0 radical (unpaired) electrons. The molecule has 1 atom stereocenters. The molecule has 32 heavy (non-hydrogen) atoms. The number of carbonyl (C=O) groups is 1. The van der Waals surface area contributed by atoms with Crippen molar-refractivity contribution in [2.75, 3.05) is 19.6 Å². The third-order valence-electron chi connectivity index (χ3n) is 5.51. The molecule has 3 heterocycles. The molecule has 2 aromatic heterocycles. The predicted octanol–water partition coefficient (Wildman–Crippen LogP) is 0.0635. The van der Waals surface area contributed by atoms with Gasteiger partial charge in [-0.25, -0.2) is 9.98 Å². The fourth-order valence-corrected chi connectivity index (χ4v) is 3.52. The standard InChI is InChI=1S/C21H27FN8O2/c22-17-9-15(3-6-26-17)29-19(24)16(20(25)32)11-28-21(13-23)4-7-30(8-5-21)12-14-1-2-18(31)27-10-14/h1-3,6,9-11,16H,4-5,7-8,12-13,23H2,(H2,25,32)(H,27,31)(H2,24,26,29). The van der Waals surface area contributed by atoms with Crippen LogP contribution in [0, 0.1) is 11.9 Å². The summed E-state index contributed by atoms with van der Waals surface area (Å²) < 4.78 is 13.3. The Balaban J connectivity index is 1.68. The van der Waals surface area contributed by atoms with Gasteiger partial charge in [-0.3, -0.25) is 19.5 Å². The number of nitrogens with zero attached hydrogens (tertiary/aromatic N) is 4.